The van der Waals surface area contributed by atoms with Gasteiger partial charge in [-0.15, -0.1) is 0 Å². The van der Waals surface area contributed by atoms with E-state index in [-0.39, 0.29) is 10.6 Å². The van der Waals surface area contributed by atoms with Gasteiger partial charge in [0.15, 0.2) is 11.5 Å². The molecule has 1 fully saturated rings. The lowest BCUT2D eigenvalue weighted by Crippen LogP contribution is -2.12. The van der Waals surface area contributed by atoms with Crippen LogP contribution in [0.25, 0.3) is 0 Å². The van der Waals surface area contributed by atoms with E-state index in [1.54, 1.807) is 0 Å². The van der Waals surface area contributed by atoms with Crippen LogP contribution in [0.4, 0.5) is 0 Å². The van der Waals surface area contributed by atoms with E-state index < -0.39 is 15.8 Å². The van der Waals surface area contributed by atoms with Crippen molar-refractivity contribution in [2.45, 2.75) is 17.7 Å². The smallest absolute Gasteiger partial charge is 0.241 e. The molecule has 0 aliphatic heterocycles. The molecule has 1 aliphatic rings. The Kier molecular flexibility index (Phi) is 2.77. The molecule has 16 heavy (non-hydrogen) atoms. The number of aromatic hydroxyl groups is 1. The summed E-state index contributed by atoms with van der Waals surface area (Å²) in [4.78, 5) is -0.305. The lowest BCUT2D eigenvalue weighted by Gasteiger charge is -2.09. The van der Waals surface area contributed by atoms with Gasteiger partial charge in [-0.2, -0.15) is 0 Å². The number of phenols is 1. The van der Waals surface area contributed by atoms with Gasteiger partial charge in [0.25, 0.3) is 0 Å². The van der Waals surface area contributed by atoms with Gasteiger partial charge in [0, 0.05) is 0 Å². The molecule has 0 atom stereocenters. The van der Waals surface area contributed by atoms with Crippen molar-refractivity contribution in [2.24, 2.45) is 11.1 Å². The van der Waals surface area contributed by atoms with E-state index >= 15 is 0 Å². The van der Waals surface area contributed by atoms with E-state index in [9.17, 15) is 13.5 Å². The standard InChI is InChI=1S/C10H13NO4S/c11-16(13,14)9-3-1-2-8(10(9)12)15-6-7-4-5-7/h1-3,7,12H,4-6H2,(H2,11,13,14). The summed E-state index contributed by atoms with van der Waals surface area (Å²) in [5.41, 5.74) is 0. The van der Waals surface area contributed by atoms with E-state index in [0.717, 1.165) is 12.8 Å². The highest BCUT2D eigenvalue weighted by atomic mass is 32.2. The summed E-state index contributed by atoms with van der Waals surface area (Å²) in [7, 11) is -3.91. The monoisotopic (exact) mass is 243 g/mol. The van der Waals surface area contributed by atoms with Crippen molar-refractivity contribution in [1.82, 2.24) is 0 Å². The number of hydrogen-bond acceptors (Lipinski definition) is 4. The number of sulfonamides is 1. The Morgan fingerprint density at radius 3 is 2.69 bits per heavy atom. The molecule has 1 saturated carbocycles. The second-order valence-corrected chi connectivity index (χ2v) is 5.43. The number of ether oxygens (including phenoxy) is 1. The molecule has 0 saturated heterocycles. The van der Waals surface area contributed by atoms with Crippen molar-refractivity contribution in [3.8, 4) is 11.5 Å². The molecule has 0 bridgehead atoms. The highest BCUT2D eigenvalue weighted by Gasteiger charge is 2.23. The third-order valence-corrected chi connectivity index (χ3v) is 3.38. The average molecular weight is 243 g/mol. The Hall–Kier alpha value is -1.27. The fraction of sp³-hybridized carbons (Fsp3) is 0.400. The summed E-state index contributed by atoms with van der Waals surface area (Å²) >= 11 is 0. The van der Waals surface area contributed by atoms with Crippen LogP contribution in [-0.4, -0.2) is 20.1 Å². The molecular formula is C10H13NO4S. The first kappa shape index (κ1) is 11.2. The maximum absolute atomic E-state index is 11.1. The van der Waals surface area contributed by atoms with Gasteiger partial charge in [-0.3, -0.25) is 0 Å². The minimum absolute atomic E-state index is 0.165. The molecule has 1 aromatic rings. The largest absolute Gasteiger partial charge is 0.503 e. The maximum Gasteiger partial charge on any atom is 0.241 e. The highest BCUT2D eigenvalue weighted by molar-refractivity contribution is 7.89. The van der Waals surface area contributed by atoms with Gasteiger partial charge in [-0.1, -0.05) is 6.07 Å². The summed E-state index contributed by atoms with van der Waals surface area (Å²) in [6, 6.07) is 4.25. The summed E-state index contributed by atoms with van der Waals surface area (Å²) in [5.74, 6) is 0.279. The predicted molar refractivity (Wildman–Crippen MR) is 57.7 cm³/mol. The van der Waals surface area contributed by atoms with E-state index in [4.69, 9.17) is 9.88 Å². The molecule has 2 rings (SSSR count). The van der Waals surface area contributed by atoms with Crippen LogP contribution in [0.3, 0.4) is 0 Å². The van der Waals surface area contributed by atoms with Crippen molar-refractivity contribution in [1.29, 1.82) is 0 Å². The summed E-state index contributed by atoms with van der Waals surface area (Å²) in [6.07, 6.45) is 2.24. The SMILES string of the molecule is NS(=O)(=O)c1cccc(OCC2CC2)c1O. The maximum atomic E-state index is 11.1. The van der Waals surface area contributed by atoms with Crippen molar-refractivity contribution >= 4 is 10.0 Å². The predicted octanol–water partition coefficient (Wildman–Crippen LogP) is 0.828. The van der Waals surface area contributed by atoms with E-state index in [1.165, 1.54) is 18.2 Å². The van der Waals surface area contributed by atoms with Crippen LogP contribution in [0.5, 0.6) is 11.5 Å². The van der Waals surface area contributed by atoms with Crippen LogP contribution in [-0.2, 0) is 10.0 Å². The first-order valence-electron chi connectivity index (χ1n) is 4.96. The van der Waals surface area contributed by atoms with Gasteiger partial charge in [-0.25, -0.2) is 13.6 Å². The molecule has 3 N–H and O–H groups in total. The zero-order valence-electron chi connectivity index (χ0n) is 8.59. The molecule has 0 spiro atoms. The van der Waals surface area contributed by atoms with Gasteiger partial charge in [-0.05, 0) is 30.9 Å². The number of benzene rings is 1. The van der Waals surface area contributed by atoms with Crippen molar-refractivity contribution in [2.75, 3.05) is 6.61 Å². The molecule has 1 aliphatic carbocycles. The van der Waals surface area contributed by atoms with Crippen molar-refractivity contribution in [3.05, 3.63) is 18.2 Å². The van der Waals surface area contributed by atoms with Crippen molar-refractivity contribution in [3.63, 3.8) is 0 Å². The normalized spacial score (nSPS) is 16.1. The summed E-state index contributed by atoms with van der Waals surface area (Å²) in [6.45, 7) is 0.502. The van der Waals surface area contributed by atoms with Crippen LogP contribution in [0.15, 0.2) is 23.1 Å². The fourth-order valence-corrected chi connectivity index (χ4v) is 1.98. The Morgan fingerprint density at radius 1 is 1.44 bits per heavy atom. The Bertz CT molecular complexity index is 494. The number of para-hydroxylation sites is 1. The van der Waals surface area contributed by atoms with Crippen LogP contribution in [0.2, 0.25) is 0 Å². The minimum atomic E-state index is -3.91. The lowest BCUT2D eigenvalue weighted by atomic mass is 10.3. The van der Waals surface area contributed by atoms with Crippen LogP contribution in [0.1, 0.15) is 12.8 Å². The minimum Gasteiger partial charge on any atom is -0.503 e. The van der Waals surface area contributed by atoms with Crippen LogP contribution >= 0.6 is 0 Å². The van der Waals surface area contributed by atoms with E-state index in [1.807, 2.05) is 0 Å². The fourth-order valence-electron chi connectivity index (χ4n) is 1.34. The molecule has 1 aromatic carbocycles. The molecule has 0 heterocycles. The lowest BCUT2D eigenvalue weighted by molar-refractivity contribution is 0.282. The van der Waals surface area contributed by atoms with Gasteiger partial charge in [0.1, 0.15) is 4.90 Å². The second-order valence-electron chi connectivity index (χ2n) is 3.90. The summed E-state index contributed by atoms with van der Waals surface area (Å²) in [5, 5.41) is 14.6. The molecular weight excluding hydrogens is 230 g/mol. The quantitative estimate of drug-likeness (QED) is 0.819. The number of primary sulfonamides is 1. The van der Waals surface area contributed by atoms with Crippen molar-refractivity contribution < 1.29 is 18.3 Å². The third kappa shape index (κ3) is 2.45. The van der Waals surface area contributed by atoms with Gasteiger partial charge < -0.3 is 9.84 Å². The van der Waals surface area contributed by atoms with Gasteiger partial charge in [0.05, 0.1) is 6.61 Å². The van der Waals surface area contributed by atoms with Gasteiger partial charge >= 0.3 is 0 Å². The molecule has 0 radical (unpaired) electrons. The zero-order chi connectivity index (χ0) is 11.8. The third-order valence-electron chi connectivity index (χ3n) is 2.44. The number of hydrogen-bond donors (Lipinski definition) is 2. The second kappa shape index (κ2) is 3.95. The van der Waals surface area contributed by atoms with Crippen LogP contribution in [0, 0.1) is 5.92 Å². The zero-order valence-corrected chi connectivity index (χ0v) is 9.40. The highest BCUT2D eigenvalue weighted by Crippen LogP contribution is 2.35. The first-order chi connectivity index (χ1) is 7.48. The molecule has 0 unspecified atom stereocenters. The molecule has 88 valence electrons. The average Bonchev–Trinajstić information content (AvgIpc) is 2.98. The summed E-state index contributed by atoms with van der Waals surface area (Å²) < 4.78 is 27.6. The Balaban J connectivity index is 2.24. The number of rotatable bonds is 4. The molecule has 5 nitrogen and oxygen atoms in total. The molecule has 6 heteroatoms. The van der Waals surface area contributed by atoms with E-state index in [2.05, 4.69) is 0 Å². The van der Waals surface area contributed by atoms with Gasteiger partial charge in [0.2, 0.25) is 10.0 Å². The van der Waals surface area contributed by atoms with Crippen LogP contribution < -0.4 is 9.88 Å². The topological polar surface area (TPSA) is 89.6 Å². The first-order valence-corrected chi connectivity index (χ1v) is 6.50. The molecule has 0 amide bonds. The Morgan fingerprint density at radius 2 is 2.12 bits per heavy atom. The number of phenolic OH excluding ortho intramolecular Hbond substituents is 1. The number of nitrogens with two attached hydrogens (primary N) is 1. The van der Waals surface area contributed by atoms with E-state index in [0.29, 0.717) is 12.5 Å². The Labute approximate surface area is 93.9 Å². The molecule has 0 aromatic heterocycles.